The number of carbonyl (C=O) groups excluding carboxylic acids is 1. The minimum atomic E-state index is -0.0249. The van der Waals surface area contributed by atoms with E-state index in [4.69, 9.17) is 0 Å². The minimum absolute atomic E-state index is 0. The zero-order chi connectivity index (χ0) is 11.2. The van der Waals surface area contributed by atoms with E-state index < -0.39 is 0 Å². The summed E-state index contributed by atoms with van der Waals surface area (Å²) in [4.78, 5) is 11.7. The number of nitrogens with one attached hydrogen (secondary N) is 2. The second kappa shape index (κ2) is 7.09. The molecule has 0 saturated carbocycles. The van der Waals surface area contributed by atoms with Gasteiger partial charge in [0, 0.05) is 11.8 Å². The van der Waals surface area contributed by atoms with Crippen LogP contribution in [0, 0.1) is 0 Å². The van der Waals surface area contributed by atoms with Gasteiger partial charge in [0.15, 0.2) is 0 Å². The van der Waals surface area contributed by atoms with Crippen molar-refractivity contribution < 1.29 is 4.79 Å². The van der Waals surface area contributed by atoms with Crippen molar-refractivity contribution in [1.82, 2.24) is 5.32 Å². The van der Waals surface area contributed by atoms with Crippen LogP contribution in [0.4, 0.5) is 5.69 Å². The largest absolute Gasteiger partial charge is 0.323 e. The summed E-state index contributed by atoms with van der Waals surface area (Å²) in [6.45, 7) is 1.95. The van der Waals surface area contributed by atoms with Gasteiger partial charge in [0.1, 0.15) is 0 Å². The van der Waals surface area contributed by atoms with Gasteiger partial charge >= 0.3 is 0 Å². The maximum absolute atomic E-state index is 11.7. The van der Waals surface area contributed by atoms with Crippen molar-refractivity contribution >= 4 is 24.0 Å². The quantitative estimate of drug-likeness (QED) is 0.794. The molecule has 0 radical (unpaired) electrons. The predicted octanol–water partition coefficient (Wildman–Crippen LogP) is 2.36. The lowest BCUT2D eigenvalue weighted by Crippen LogP contribution is -2.24. The molecule has 1 amide bonds. The minimum Gasteiger partial charge on any atom is -0.323 e. The zero-order valence-corrected chi connectivity index (χ0v) is 10.4. The van der Waals surface area contributed by atoms with Crippen LogP contribution in [-0.4, -0.2) is 19.0 Å². The van der Waals surface area contributed by atoms with Crippen LogP contribution < -0.4 is 10.6 Å². The molecule has 0 unspecified atom stereocenters. The molecule has 4 heteroatoms. The number of anilines is 1. The fourth-order valence-electron chi connectivity index (χ4n) is 1.78. The summed E-state index contributed by atoms with van der Waals surface area (Å²) in [5.41, 5.74) is 2.07. The highest BCUT2D eigenvalue weighted by molar-refractivity contribution is 5.99. The first-order valence-electron chi connectivity index (χ1n) is 5.61. The van der Waals surface area contributed by atoms with Gasteiger partial charge in [-0.2, -0.15) is 0 Å². The lowest BCUT2D eigenvalue weighted by Gasteiger charge is -2.14. The molecule has 1 aromatic carbocycles. The molecule has 0 aromatic heterocycles. The van der Waals surface area contributed by atoms with Gasteiger partial charge in [-0.25, -0.2) is 0 Å². The molecule has 17 heavy (non-hydrogen) atoms. The highest BCUT2D eigenvalue weighted by Crippen LogP contribution is 2.11. The summed E-state index contributed by atoms with van der Waals surface area (Å²) < 4.78 is 0. The summed E-state index contributed by atoms with van der Waals surface area (Å²) >= 11 is 0. The fraction of sp³-hybridized carbons (Fsp3) is 0.308. The molecule has 1 saturated heterocycles. The first-order chi connectivity index (χ1) is 7.84. The fourth-order valence-corrected chi connectivity index (χ4v) is 1.78. The van der Waals surface area contributed by atoms with E-state index in [1.165, 1.54) is 5.57 Å². The van der Waals surface area contributed by atoms with Crippen molar-refractivity contribution in [3.63, 3.8) is 0 Å². The lowest BCUT2D eigenvalue weighted by atomic mass is 10.1. The molecule has 92 valence electrons. The van der Waals surface area contributed by atoms with Crippen molar-refractivity contribution in [3.8, 4) is 0 Å². The number of amides is 1. The van der Waals surface area contributed by atoms with Crippen LogP contribution in [0.2, 0.25) is 0 Å². The average Bonchev–Trinajstić information content (AvgIpc) is 2.31. The van der Waals surface area contributed by atoms with Crippen LogP contribution in [-0.2, 0) is 4.79 Å². The van der Waals surface area contributed by atoms with E-state index >= 15 is 0 Å². The molecule has 1 aliphatic rings. The van der Waals surface area contributed by atoms with Crippen LogP contribution >= 0.6 is 12.4 Å². The number of halogens is 1. The van der Waals surface area contributed by atoms with Crippen LogP contribution in [0.1, 0.15) is 12.8 Å². The molecule has 2 rings (SSSR count). The highest BCUT2D eigenvalue weighted by Gasteiger charge is 2.06. The standard InChI is InChI=1S/C13H16N2O.ClH/c16-13(10-11-6-8-14-9-7-11)15-12-4-2-1-3-5-12;/h1-5,10,14H,6-9H2,(H,15,16);1H. The Morgan fingerprint density at radius 1 is 1.18 bits per heavy atom. The lowest BCUT2D eigenvalue weighted by molar-refractivity contribution is -0.112. The topological polar surface area (TPSA) is 41.1 Å². The van der Waals surface area contributed by atoms with Crippen LogP contribution in [0.15, 0.2) is 42.0 Å². The molecule has 0 atom stereocenters. The van der Waals surface area contributed by atoms with Crippen molar-refractivity contribution in [3.05, 3.63) is 42.0 Å². The third-order valence-corrected chi connectivity index (χ3v) is 2.62. The third-order valence-electron chi connectivity index (χ3n) is 2.62. The molecule has 0 aliphatic carbocycles. The number of benzene rings is 1. The van der Waals surface area contributed by atoms with Crippen molar-refractivity contribution in [1.29, 1.82) is 0 Å². The Hall–Kier alpha value is -1.32. The normalized spacial score (nSPS) is 14.7. The maximum atomic E-state index is 11.7. The summed E-state index contributed by atoms with van der Waals surface area (Å²) in [5.74, 6) is -0.0249. The van der Waals surface area contributed by atoms with E-state index in [0.29, 0.717) is 0 Å². The molecule has 0 spiro atoms. The first kappa shape index (κ1) is 13.7. The van der Waals surface area contributed by atoms with Gasteiger partial charge in [-0.15, -0.1) is 12.4 Å². The Bertz CT molecular complexity index is 382. The van der Waals surface area contributed by atoms with Crippen molar-refractivity contribution in [2.75, 3.05) is 18.4 Å². The Morgan fingerprint density at radius 2 is 1.82 bits per heavy atom. The Balaban J connectivity index is 0.00000144. The number of hydrogen-bond donors (Lipinski definition) is 2. The number of piperidine rings is 1. The number of hydrogen-bond acceptors (Lipinski definition) is 2. The third kappa shape index (κ3) is 4.59. The molecule has 1 aromatic rings. The van der Waals surface area contributed by atoms with Gasteiger partial charge in [0.25, 0.3) is 0 Å². The van der Waals surface area contributed by atoms with E-state index in [1.807, 2.05) is 30.3 Å². The smallest absolute Gasteiger partial charge is 0.248 e. The molecule has 1 heterocycles. The van der Waals surface area contributed by atoms with Crippen LogP contribution in [0.5, 0.6) is 0 Å². The summed E-state index contributed by atoms with van der Waals surface area (Å²) in [6.07, 6.45) is 3.68. The van der Waals surface area contributed by atoms with E-state index in [2.05, 4.69) is 10.6 Å². The maximum Gasteiger partial charge on any atom is 0.248 e. The number of carbonyl (C=O) groups is 1. The monoisotopic (exact) mass is 252 g/mol. The first-order valence-corrected chi connectivity index (χ1v) is 5.61. The summed E-state index contributed by atoms with van der Waals surface area (Å²) in [6, 6.07) is 9.53. The molecule has 1 aliphatic heterocycles. The predicted molar refractivity (Wildman–Crippen MR) is 72.5 cm³/mol. The van der Waals surface area contributed by atoms with E-state index in [0.717, 1.165) is 31.6 Å². The molecule has 1 fully saturated rings. The van der Waals surface area contributed by atoms with E-state index in [1.54, 1.807) is 6.08 Å². The van der Waals surface area contributed by atoms with Crippen molar-refractivity contribution in [2.45, 2.75) is 12.8 Å². The van der Waals surface area contributed by atoms with Gasteiger partial charge in [-0.3, -0.25) is 4.79 Å². The number of para-hydroxylation sites is 1. The SMILES string of the molecule is Cl.O=C(C=C1CCNCC1)Nc1ccccc1. The van der Waals surface area contributed by atoms with E-state index in [-0.39, 0.29) is 18.3 Å². The van der Waals surface area contributed by atoms with Gasteiger partial charge in [-0.1, -0.05) is 23.8 Å². The van der Waals surface area contributed by atoms with Gasteiger partial charge in [0.05, 0.1) is 0 Å². The Kier molecular flexibility index (Phi) is 5.73. The molecular weight excluding hydrogens is 236 g/mol. The molecular formula is C13H17ClN2O. The second-order valence-electron chi connectivity index (χ2n) is 3.91. The number of rotatable bonds is 2. The summed E-state index contributed by atoms with van der Waals surface area (Å²) in [5, 5.41) is 6.12. The zero-order valence-electron chi connectivity index (χ0n) is 9.61. The van der Waals surface area contributed by atoms with Gasteiger partial charge in [-0.05, 0) is 38.1 Å². The average molecular weight is 253 g/mol. The highest BCUT2D eigenvalue weighted by atomic mass is 35.5. The van der Waals surface area contributed by atoms with Gasteiger partial charge < -0.3 is 10.6 Å². The van der Waals surface area contributed by atoms with Crippen LogP contribution in [0.25, 0.3) is 0 Å². The molecule has 2 N–H and O–H groups in total. The van der Waals surface area contributed by atoms with Crippen LogP contribution in [0.3, 0.4) is 0 Å². The molecule has 0 bridgehead atoms. The molecule has 3 nitrogen and oxygen atoms in total. The Labute approximate surface area is 108 Å². The van der Waals surface area contributed by atoms with Crippen molar-refractivity contribution in [2.24, 2.45) is 0 Å². The second-order valence-corrected chi connectivity index (χ2v) is 3.91. The van der Waals surface area contributed by atoms with Gasteiger partial charge in [0.2, 0.25) is 5.91 Å². The summed E-state index contributed by atoms with van der Waals surface area (Å²) in [7, 11) is 0. The Morgan fingerprint density at radius 3 is 2.47 bits per heavy atom. The van der Waals surface area contributed by atoms with E-state index in [9.17, 15) is 4.79 Å².